The second-order valence-corrected chi connectivity index (χ2v) is 4.39. The van der Waals surface area contributed by atoms with Gasteiger partial charge < -0.3 is 19.7 Å². The standard InChI is InChI=1S/C11H16N2O4/c1-7-5-13-17-9(7)10(14)12-6-11(15)3-4-16-8(11)2/h5,8,15H,3-4,6H2,1-2H3,(H,12,14). The number of aryl methyl sites for hydroxylation is 1. The summed E-state index contributed by atoms with van der Waals surface area (Å²) in [6.45, 7) is 4.18. The number of nitrogens with one attached hydrogen (secondary N) is 1. The summed E-state index contributed by atoms with van der Waals surface area (Å²) < 4.78 is 10.1. The van der Waals surface area contributed by atoms with E-state index in [4.69, 9.17) is 9.26 Å². The number of ether oxygens (including phenoxy) is 1. The number of aromatic nitrogens is 1. The summed E-state index contributed by atoms with van der Waals surface area (Å²) in [5.74, 6) is -0.187. The number of carbonyl (C=O) groups is 1. The van der Waals surface area contributed by atoms with Gasteiger partial charge in [0.2, 0.25) is 5.76 Å². The monoisotopic (exact) mass is 240 g/mol. The molecule has 0 bridgehead atoms. The molecule has 1 aliphatic rings. The fourth-order valence-electron chi connectivity index (χ4n) is 1.83. The third-order valence-electron chi connectivity index (χ3n) is 3.17. The number of rotatable bonds is 3. The first kappa shape index (κ1) is 12.1. The van der Waals surface area contributed by atoms with Crippen molar-refractivity contribution in [3.05, 3.63) is 17.5 Å². The van der Waals surface area contributed by atoms with Crippen LogP contribution in [0.4, 0.5) is 0 Å². The molecule has 1 fully saturated rings. The zero-order chi connectivity index (χ0) is 12.5. The van der Waals surface area contributed by atoms with Crippen LogP contribution in [0.2, 0.25) is 0 Å². The van der Waals surface area contributed by atoms with Gasteiger partial charge in [0, 0.05) is 25.1 Å². The van der Waals surface area contributed by atoms with Crippen LogP contribution >= 0.6 is 0 Å². The summed E-state index contributed by atoms with van der Waals surface area (Å²) in [6, 6.07) is 0. The Morgan fingerprint density at radius 3 is 3.06 bits per heavy atom. The fourth-order valence-corrected chi connectivity index (χ4v) is 1.83. The number of carbonyl (C=O) groups excluding carboxylic acids is 1. The lowest BCUT2D eigenvalue weighted by Gasteiger charge is -2.25. The molecule has 6 heteroatoms. The highest BCUT2D eigenvalue weighted by Gasteiger charge is 2.39. The van der Waals surface area contributed by atoms with Gasteiger partial charge in [0.25, 0.3) is 5.91 Å². The van der Waals surface area contributed by atoms with Crippen LogP contribution in [0.1, 0.15) is 29.5 Å². The van der Waals surface area contributed by atoms with Crippen molar-refractivity contribution < 1.29 is 19.2 Å². The summed E-state index contributed by atoms with van der Waals surface area (Å²) in [7, 11) is 0. The predicted molar refractivity (Wildman–Crippen MR) is 58.6 cm³/mol. The molecule has 2 heterocycles. The third kappa shape index (κ3) is 2.32. The van der Waals surface area contributed by atoms with Crippen LogP contribution < -0.4 is 5.32 Å². The van der Waals surface area contributed by atoms with Crippen LogP contribution in [-0.4, -0.2) is 41.0 Å². The van der Waals surface area contributed by atoms with Gasteiger partial charge in [-0.1, -0.05) is 5.16 Å². The molecule has 0 aliphatic carbocycles. The van der Waals surface area contributed by atoms with Crippen LogP contribution in [0.5, 0.6) is 0 Å². The van der Waals surface area contributed by atoms with E-state index in [0.717, 1.165) is 0 Å². The molecule has 6 nitrogen and oxygen atoms in total. The lowest BCUT2D eigenvalue weighted by molar-refractivity contribution is -0.0253. The molecule has 1 amide bonds. The van der Waals surface area contributed by atoms with E-state index in [2.05, 4.69) is 10.5 Å². The van der Waals surface area contributed by atoms with Crippen LogP contribution in [0.25, 0.3) is 0 Å². The summed E-state index contributed by atoms with van der Waals surface area (Å²) >= 11 is 0. The topological polar surface area (TPSA) is 84.6 Å². The molecular formula is C11H16N2O4. The van der Waals surface area contributed by atoms with Crippen LogP contribution in [-0.2, 0) is 4.74 Å². The van der Waals surface area contributed by atoms with Gasteiger partial charge in [0.05, 0.1) is 12.3 Å². The Balaban J connectivity index is 1.95. The molecule has 2 unspecified atom stereocenters. The van der Waals surface area contributed by atoms with Crippen molar-refractivity contribution in [2.75, 3.05) is 13.2 Å². The molecule has 0 aromatic carbocycles. The molecule has 1 aromatic heterocycles. The van der Waals surface area contributed by atoms with Crippen molar-refractivity contribution in [1.29, 1.82) is 0 Å². The van der Waals surface area contributed by atoms with Gasteiger partial charge in [-0.2, -0.15) is 0 Å². The van der Waals surface area contributed by atoms with Gasteiger partial charge in [-0.25, -0.2) is 0 Å². The van der Waals surface area contributed by atoms with E-state index in [1.165, 1.54) is 6.20 Å². The van der Waals surface area contributed by atoms with Crippen molar-refractivity contribution in [2.45, 2.75) is 32.0 Å². The Bertz CT molecular complexity index is 417. The van der Waals surface area contributed by atoms with E-state index >= 15 is 0 Å². The summed E-state index contributed by atoms with van der Waals surface area (Å²) in [5.41, 5.74) is -0.325. The number of amides is 1. The van der Waals surface area contributed by atoms with Gasteiger partial charge in [-0.05, 0) is 13.8 Å². The SMILES string of the molecule is Cc1cnoc1C(=O)NCC1(O)CCOC1C. The average molecular weight is 240 g/mol. The molecule has 2 rings (SSSR count). The minimum absolute atomic E-state index is 0.146. The number of nitrogens with zero attached hydrogens (tertiary/aromatic N) is 1. The molecule has 1 aromatic rings. The minimum Gasteiger partial charge on any atom is -0.385 e. The first-order chi connectivity index (χ1) is 8.03. The molecule has 2 atom stereocenters. The summed E-state index contributed by atoms with van der Waals surface area (Å²) in [4.78, 5) is 11.7. The lowest BCUT2D eigenvalue weighted by Crippen LogP contribution is -2.47. The highest BCUT2D eigenvalue weighted by atomic mass is 16.5. The Labute approximate surface area is 98.9 Å². The van der Waals surface area contributed by atoms with Crippen molar-refractivity contribution in [1.82, 2.24) is 10.5 Å². The molecule has 2 N–H and O–H groups in total. The molecule has 0 radical (unpaired) electrons. The Hall–Kier alpha value is -1.40. The highest BCUT2D eigenvalue weighted by molar-refractivity contribution is 5.92. The van der Waals surface area contributed by atoms with E-state index in [9.17, 15) is 9.90 Å². The second-order valence-electron chi connectivity index (χ2n) is 4.39. The van der Waals surface area contributed by atoms with Gasteiger partial charge in [-0.3, -0.25) is 4.79 Å². The van der Waals surface area contributed by atoms with Crippen molar-refractivity contribution in [3.63, 3.8) is 0 Å². The van der Waals surface area contributed by atoms with E-state index < -0.39 is 5.60 Å². The molecule has 0 spiro atoms. The smallest absolute Gasteiger partial charge is 0.290 e. The van der Waals surface area contributed by atoms with Crippen molar-refractivity contribution in [3.8, 4) is 0 Å². The number of hydrogen-bond donors (Lipinski definition) is 2. The Kier molecular flexibility index (Phi) is 3.17. The molecule has 17 heavy (non-hydrogen) atoms. The predicted octanol–water partition coefficient (Wildman–Crippen LogP) is 0.253. The summed E-state index contributed by atoms with van der Waals surface area (Å²) in [6.07, 6.45) is 1.72. The van der Waals surface area contributed by atoms with Crippen LogP contribution in [0.15, 0.2) is 10.7 Å². The third-order valence-corrected chi connectivity index (χ3v) is 3.17. The van der Waals surface area contributed by atoms with Gasteiger partial charge in [0.15, 0.2) is 0 Å². The second kappa shape index (κ2) is 4.46. The zero-order valence-electron chi connectivity index (χ0n) is 9.90. The van der Waals surface area contributed by atoms with E-state index in [-0.39, 0.29) is 24.3 Å². The minimum atomic E-state index is -0.996. The van der Waals surface area contributed by atoms with Crippen LogP contribution in [0.3, 0.4) is 0 Å². The Morgan fingerprint density at radius 2 is 2.53 bits per heavy atom. The number of aliphatic hydroxyl groups is 1. The molecular weight excluding hydrogens is 224 g/mol. The highest BCUT2D eigenvalue weighted by Crippen LogP contribution is 2.24. The maximum atomic E-state index is 11.7. The van der Waals surface area contributed by atoms with E-state index in [1.54, 1.807) is 13.8 Å². The van der Waals surface area contributed by atoms with Crippen LogP contribution in [0, 0.1) is 6.92 Å². The Morgan fingerprint density at radius 1 is 1.76 bits per heavy atom. The normalized spacial score (nSPS) is 28.3. The molecule has 0 saturated carbocycles. The van der Waals surface area contributed by atoms with Gasteiger partial charge in [-0.15, -0.1) is 0 Å². The van der Waals surface area contributed by atoms with E-state index in [0.29, 0.717) is 18.6 Å². The average Bonchev–Trinajstić information content (AvgIpc) is 2.84. The van der Waals surface area contributed by atoms with E-state index in [1.807, 2.05) is 0 Å². The maximum Gasteiger partial charge on any atom is 0.290 e. The largest absolute Gasteiger partial charge is 0.385 e. The molecule has 1 aliphatic heterocycles. The number of hydrogen-bond acceptors (Lipinski definition) is 5. The fraction of sp³-hybridized carbons (Fsp3) is 0.636. The lowest BCUT2D eigenvalue weighted by atomic mass is 9.97. The quantitative estimate of drug-likeness (QED) is 0.791. The molecule has 1 saturated heterocycles. The maximum absolute atomic E-state index is 11.7. The zero-order valence-corrected chi connectivity index (χ0v) is 9.90. The van der Waals surface area contributed by atoms with Crippen molar-refractivity contribution >= 4 is 5.91 Å². The summed E-state index contributed by atoms with van der Waals surface area (Å²) in [5, 5.41) is 16.4. The van der Waals surface area contributed by atoms with Crippen molar-refractivity contribution in [2.24, 2.45) is 0 Å². The van der Waals surface area contributed by atoms with Gasteiger partial charge in [0.1, 0.15) is 5.60 Å². The first-order valence-electron chi connectivity index (χ1n) is 5.56. The van der Waals surface area contributed by atoms with Gasteiger partial charge >= 0.3 is 0 Å². The first-order valence-corrected chi connectivity index (χ1v) is 5.56. The molecule has 94 valence electrons.